The lowest BCUT2D eigenvalue weighted by atomic mass is 10.0. The summed E-state index contributed by atoms with van der Waals surface area (Å²) in [5.74, 6) is 1.23. The van der Waals surface area contributed by atoms with Crippen molar-refractivity contribution >= 4 is 28.4 Å². The Bertz CT molecular complexity index is 1280. The number of nitrogens with zero attached hydrogens (tertiary/aromatic N) is 4. The Morgan fingerprint density at radius 2 is 1.51 bits per heavy atom. The zero-order chi connectivity index (χ0) is 24.6. The van der Waals surface area contributed by atoms with Crippen LogP contribution in [0, 0.1) is 10.1 Å². The lowest BCUT2D eigenvalue weighted by molar-refractivity contribution is -0.384. The van der Waals surface area contributed by atoms with Crippen molar-refractivity contribution in [2.75, 3.05) is 37.8 Å². The Hall–Kier alpha value is -4.04. The maximum Gasteiger partial charge on any atom is 0.271 e. The van der Waals surface area contributed by atoms with Crippen LogP contribution in [0.2, 0.25) is 0 Å². The largest absolute Gasteiger partial charge is 0.367 e. The molecular weight excluding hydrogens is 440 g/mol. The molecule has 1 aromatic heterocycles. The fraction of sp³-hybridized carbons (Fsp3) is 0.259. The number of aromatic nitrogens is 2. The maximum atomic E-state index is 11.2. The number of hydrogen-bond acceptors (Lipinski definition) is 7. The van der Waals surface area contributed by atoms with Gasteiger partial charge in [0.25, 0.3) is 5.69 Å². The van der Waals surface area contributed by atoms with Crippen molar-refractivity contribution in [2.24, 2.45) is 0 Å². The number of benzene rings is 3. The number of anilines is 2. The van der Waals surface area contributed by atoms with Crippen molar-refractivity contribution in [3.8, 4) is 11.1 Å². The first-order valence-corrected chi connectivity index (χ1v) is 11.7. The lowest BCUT2D eigenvalue weighted by Gasteiger charge is -2.14. The number of nitro groups is 1. The molecule has 4 aromatic rings. The average molecular weight is 471 g/mol. The minimum atomic E-state index is -0.416. The van der Waals surface area contributed by atoms with Gasteiger partial charge in [-0.05, 0) is 56.2 Å². The summed E-state index contributed by atoms with van der Waals surface area (Å²) < 4.78 is 0. The van der Waals surface area contributed by atoms with Gasteiger partial charge in [0.05, 0.1) is 16.0 Å². The molecule has 0 bridgehead atoms. The smallest absolute Gasteiger partial charge is 0.271 e. The third-order valence-corrected chi connectivity index (χ3v) is 5.70. The van der Waals surface area contributed by atoms with Crippen LogP contribution in [-0.2, 0) is 6.54 Å². The summed E-state index contributed by atoms with van der Waals surface area (Å²) in [7, 11) is 4.12. The maximum absolute atomic E-state index is 11.2. The van der Waals surface area contributed by atoms with E-state index in [1.807, 2.05) is 18.2 Å². The van der Waals surface area contributed by atoms with Gasteiger partial charge in [0, 0.05) is 25.2 Å². The van der Waals surface area contributed by atoms with Gasteiger partial charge in [-0.25, -0.2) is 9.97 Å². The third-order valence-electron chi connectivity index (χ3n) is 5.70. The number of hydrogen-bond donors (Lipinski definition) is 2. The molecule has 3 aromatic carbocycles. The van der Waals surface area contributed by atoms with Gasteiger partial charge in [-0.1, -0.05) is 54.6 Å². The zero-order valence-electron chi connectivity index (χ0n) is 20.1. The summed E-state index contributed by atoms with van der Waals surface area (Å²) in [6.45, 7) is 2.34. The van der Waals surface area contributed by atoms with Crippen LogP contribution in [0.1, 0.15) is 18.4 Å². The van der Waals surface area contributed by atoms with E-state index in [2.05, 4.69) is 71.0 Å². The van der Waals surface area contributed by atoms with Crippen molar-refractivity contribution in [2.45, 2.75) is 19.4 Å². The van der Waals surface area contributed by atoms with Gasteiger partial charge in [-0.2, -0.15) is 0 Å². The van der Waals surface area contributed by atoms with E-state index in [0.717, 1.165) is 31.5 Å². The molecule has 4 rings (SSSR count). The highest BCUT2D eigenvalue weighted by molar-refractivity contribution is 5.82. The minimum Gasteiger partial charge on any atom is -0.367 e. The number of rotatable bonds is 11. The van der Waals surface area contributed by atoms with Crippen LogP contribution in [0.5, 0.6) is 0 Å². The van der Waals surface area contributed by atoms with Crippen LogP contribution in [0.4, 0.5) is 17.3 Å². The lowest BCUT2D eigenvalue weighted by Crippen LogP contribution is -2.15. The van der Waals surface area contributed by atoms with Crippen LogP contribution in [0.25, 0.3) is 22.2 Å². The molecule has 0 fully saturated rings. The van der Waals surface area contributed by atoms with Gasteiger partial charge >= 0.3 is 0 Å². The van der Waals surface area contributed by atoms with Crippen molar-refractivity contribution in [1.29, 1.82) is 0 Å². The molecule has 8 heteroatoms. The van der Waals surface area contributed by atoms with Crippen LogP contribution in [0.15, 0.2) is 72.8 Å². The summed E-state index contributed by atoms with van der Waals surface area (Å²) >= 11 is 0. The third kappa shape index (κ3) is 6.51. The number of non-ortho nitro benzene ring substituents is 1. The quantitative estimate of drug-likeness (QED) is 0.168. The van der Waals surface area contributed by atoms with Crippen molar-refractivity contribution in [3.63, 3.8) is 0 Å². The van der Waals surface area contributed by atoms with Crippen LogP contribution >= 0.6 is 0 Å². The summed E-state index contributed by atoms with van der Waals surface area (Å²) in [6, 6.07) is 23.3. The van der Waals surface area contributed by atoms with E-state index in [-0.39, 0.29) is 5.69 Å². The average Bonchev–Trinajstić information content (AvgIpc) is 2.87. The first-order chi connectivity index (χ1) is 17.0. The molecule has 0 saturated carbocycles. The van der Waals surface area contributed by atoms with Gasteiger partial charge in [0.1, 0.15) is 0 Å². The first-order valence-electron chi connectivity index (χ1n) is 11.7. The Morgan fingerprint density at radius 3 is 2.23 bits per heavy atom. The second-order valence-electron chi connectivity index (χ2n) is 8.70. The van der Waals surface area contributed by atoms with Gasteiger partial charge in [-0.3, -0.25) is 10.1 Å². The molecule has 2 N–H and O–H groups in total. The Kier molecular flexibility index (Phi) is 7.84. The molecular formula is C27H30N6O2. The minimum absolute atomic E-state index is 0.00273. The fourth-order valence-electron chi connectivity index (χ4n) is 3.79. The molecule has 8 nitrogen and oxygen atoms in total. The molecule has 1 heterocycles. The van der Waals surface area contributed by atoms with Crippen LogP contribution in [-0.4, -0.2) is 47.0 Å². The molecule has 180 valence electrons. The van der Waals surface area contributed by atoms with E-state index in [1.165, 1.54) is 23.3 Å². The summed E-state index contributed by atoms with van der Waals surface area (Å²) in [6.07, 6.45) is 2.04. The zero-order valence-corrected chi connectivity index (χ0v) is 20.1. The molecule has 0 unspecified atom stereocenters. The fourth-order valence-corrected chi connectivity index (χ4v) is 3.79. The van der Waals surface area contributed by atoms with Crippen molar-refractivity contribution in [3.05, 3.63) is 88.5 Å². The van der Waals surface area contributed by atoms with Gasteiger partial charge in [-0.15, -0.1) is 0 Å². The SMILES string of the molecule is CN(C)CCCCNc1nc2cc([N+](=O)[O-])ccc2nc1NCc1ccc(-c2ccccc2)cc1. The van der Waals surface area contributed by atoms with Crippen LogP contribution in [0.3, 0.4) is 0 Å². The van der Waals surface area contributed by atoms with E-state index in [1.54, 1.807) is 6.07 Å². The van der Waals surface area contributed by atoms with Gasteiger partial charge in [0.15, 0.2) is 11.6 Å². The number of nitrogens with one attached hydrogen (secondary N) is 2. The predicted octanol–water partition coefficient (Wildman–Crippen LogP) is 5.57. The summed E-state index contributed by atoms with van der Waals surface area (Å²) in [5.41, 5.74) is 4.57. The molecule has 0 spiro atoms. The molecule has 0 aliphatic carbocycles. The van der Waals surface area contributed by atoms with E-state index >= 15 is 0 Å². The molecule has 0 aliphatic rings. The Balaban J connectivity index is 1.51. The topological polar surface area (TPSA) is 96.2 Å². The molecule has 0 radical (unpaired) electrons. The molecule has 0 aliphatic heterocycles. The highest BCUT2D eigenvalue weighted by Crippen LogP contribution is 2.26. The standard InChI is InChI=1S/C27H30N6O2/c1-32(2)17-7-6-16-28-26-27(30-24-15-14-23(33(34)35)18-25(24)31-26)29-19-20-10-12-22(13-11-20)21-8-4-3-5-9-21/h3-5,8-15,18H,6-7,16-17,19H2,1-2H3,(H,28,31)(H,29,30). The van der Waals surface area contributed by atoms with E-state index in [4.69, 9.17) is 4.98 Å². The van der Waals surface area contributed by atoms with Crippen molar-refractivity contribution < 1.29 is 4.92 Å². The van der Waals surface area contributed by atoms with Crippen LogP contribution < -0.4 is 10.6 Å². The monoisotopic (exact) mass is 470 g/mol. The molecule has 0 saturated heterocycles. The number of unbranched alkanes of at least 4 members (excludes halogenated alkanes) is 1. The van der Waals surface area contributed by atoms with Gasteiger partial charge < -0.3 is 15.5 Å². The van der Waals surface area contributed by atoms with E-state index < -0.39 is 4.92 Å². The second-order valence-corrected chi connectivity index (χ2v) is 8.70. The first kappa shape index (κ1) is 24.1. The van der Waals surface area contributed by atoms with E-state index in [0.29, 0.717) is 29.2 Å². The summed E-state index contributed by atoms with van der Waals surface area (Å²) in [4.78, 5) is 22.3. The van der Waals surface area contributed by atoms with E-state index in [9.17, 15) is 10.1 Å². The molecule has 0 atom stereocenters. The highest BCUT2D eigenvalue weighted by Gasteiger charge is 2.13. The highest BCUT2D eigenvalue weighted by atomic mass is 16.6. The number of fused-ring (bicyclic) bond motifs is 1. The summed E-state index contributed by atoms with van der Waals surface area (Å²) in [5, 5.41) is 18.0. The molecule has 35 heavy (non-hydrogen) atoms. The van der Waals surface area contributed by atoms with Gasteiger partial charge in [0.2, 0.25) is 0 Å². The molecule has 0 amide bonds. The Morgan fingerprint density at radius 1 is 0.829 bits per heavy atom. The second kappa shape index (κ2) is 11.4. The Labute approximate surface area is 205 Å². The predicted molar refractivity (Wildman–Crippen MR) is 142 cm³/mol. The number of nitro benzene ring substituents is 1. The van der Waals surface area contributed by atoms with Crippen molar-refractivity contribution in [1.82, 2.24) is 14.9 Å². The normalized spacial score (nSPS) is 11.1.